The van der Waals surface area contributed by atoms with Crippen LogP contribution in [0.3, 0.4) is 0 Å². The average molecular weight is 325 g/mol. The summed E-state index contributed by atoms with van der Waals surface area (Å²) in [6.45, 7) is 2.61. The smallest absolute Gasteiger partial charge is 0.137 e. The van der Waals surface area contributed by atoms with Crippen LogP contribution in [0.1, 0.15) is 25.0 Å². The van der Waals surface area contributed by atoms with Gasteiger partial charge in [-0.05, 0) is 43.5 Å². The van der Waals surface area contributed by atoms with Crippen LogP contribution in [0, 0.1) is 0 Å². The minimum absolute atomic E-state index is 0.182. The topological polar surface area (TPSA) is 47.5 Å². The zero-order chi connectivity index (χ0) is 16.2. The molecule has 4 heterocycles. The van der Waals surface area contributed by atoms with Gasteiger partial charge < -0.3 is 9.47 Å². The van der Waals surface area contributed by atoms with E-state index in [-0.39, 0.29) is 6.10 Å². The number of pyridine rings is 2. The van der Waals surface area contributed by atoms with Gasteiger partial charge in [0, 0.05) is 31.5 Å². The minimum atomic E-state index is 0.182. The molecule has 2 fully saturated rings. The second kappa shape index (κ2) is 7.28. The fourth-order valence-corrected chi connectivity index (χ4v) is 3.73. The number of hydrogen-bond donors (Lipinski definition) is 0. The first-order valence-electron chi connectivity index (χ1n) is 8.71. The fraction of sp³-hybridized carbons (Fsp3) is 0.474. The normalized spacial score (nSPS) is 26.9. The van der Waals surface area contributed by atoms with Crippen molar-refractivity contribution in [2.75, 3.05) is 13.2 Å². The lowest BCUT2D eigenvalue weighted by molar-refractivity contribution is -0.0842. The lowest BCUT2D eigenvalue weighted by atomic mass is 9.99. The molecular weight excluding hydrogens is 302 g/mol. The van der Waals surface area contributed by atoms with Crippen LogP contribution >= 0.6 is 0 Å². The average Bonchev–Trinajstić information content (AvgIpc) is 3.04. The van der Waals surface area contributed by atoms with Crippen LogP contribution in [0.4, 0.5) is 0 Å². The van der Waals surface area contributed by atoms with Crippen LogP contribution in [0.25, 0.3) is 0 Å². The first-order chi connectivity index (χ1) is 11.9. The Morgan fingerprint density at radius 1 is 1.12 bits per heavy atom. The van der Waals surface area contributed by atoms with Crippen LogP contribution in [0.2, 0.25) is 0 Å². The van der Waals surface area contributed by atoms with Gasteiger partial charge in [0.25, 0.3) is 0 Å². The standard InChI is InChI=1S/C19H23N3O2/c1-2-10-21-15(4-1)13-22-11-8-19-18(22)7-6-17(24-19)14-23-16-5-3-9-20-12-16/h1-5,9-10,12,17-19H,6-8,11,13-14H2/t17-,18+,19+/m1/s1. The van der Waals surface area contributed by atoms with E-state index in [2.05, 4.69) is 27.0 Å². The van der Waals surface area contributed by atoms with E-state index < -0.39 is 0 Å². The van der Waals surface area contributed by atoms with Gasteiger partial charge in [0.15, 0.2) is 0 Å². The highest BCUT2D eigenvalue weighted by Gasteiger charge is 2.39. The number of fused-ring (bicyclic) bond motifs is 1. The molecule has 0 radical (unpaired) electrons. The molecule has 2 aliphatic heterocycles. The number of likely N-dealkylation sites (tertiary alicyclic amines) is 1. The van der Waals surface area contributed by atoms with E-state index in [4.69, 9.17) is 9.47 Å². The van der Waals surface area contributed by atoms with Gasteiger partial charge in [-0.15, -0.1) is 0 Å². The molecule has 126 valence electrons. The lowest BCUT2D eigenvalue weighted by Crippen LogP contribution is -2.43. The van der Waals surface area contributed by atoms with Crippen LogP contribution in [0.5, 0.6) is 5.75 Å². The van der Waals surface area contributed by atoms with Crippen molar-refractivity contribution in [1.82, 2.24) is 14.9 Å². The molecule has 0 amide bonds. The molecule has 2 aliphatic rings. The van der Waals surface area contributed by atoms with Crippen molar-refractivity contribution in [2.24, 2.45) is 0 Å². The van der Waals surface area contributed by atoms with Crippen LogP contribution in [-0.2, 0) is 11.3 Å². The zero-order valence-corrected chi connectivity index (χ0v) is 13.8. The van der Waals surface area contributed by atoms with Gasteiger partial charge in [0.1, 0.15) is 12.4 Å². The maximum absolute atomic E-state index is 6.29. The SMILES string of the molecule is c1ccc(CN2CC[C@@H]3O[C@@H](COc4cccnc4)CC[C@@H]32)nc1. The summed E-state index contributed by atoms with van der Waals surface area (Å²) in [5.74, 6) is 0.812. The Bertz CT molecular complexity index is 638. The molecule has 2 aromatic rings. The molecule has 24 heavy (non-hydrogen) atoms. The summed E-state index contributed by atoms with van der Waals surface area (Å²) < 4.78 is 12.1. The van der Waals surface area contributed by atoms with Crippen molar-refractivity contribution in [3.63, 3.8) is 0 Å². The molecule has 0 unspecified atom stereocenters. The van der Waals surface area contributed by atoms with E-state index in [9.17, 15) is 0 Å². The summed E-state index contributed by atoms with van der Waals surface area (Å²) in [5.41, 5.74) is 1.14. The number of rotatable bonds is 5. The molecule has 0 spiro atoms. The second-order valence-electron chi connectivity index (χ2n) is 6.52. The van der Waals surface area contributed by atoms with E-state index in [1.165, 1.54) is 6.42 Å². The number of nitrogens with zero attached hydrogens (tertiary/aromatic N) is 3. The monoisotopic (exact) mass is 325 g/mol. The lowest BCUT2D eigenvalue weighted by Gasteiger charge is -2.35. The highest BCUT2D eigenvalue weighted by molar-refractivity contribution is 5.15. The summed E-state index contributed by atoms with van der Waals surface area (Å²) in [6, 6.07) is 10.5. The van der Waals surface area contributed by atoms with Crippen molar-refractivity contribution >= 4 is 0 Å². The quantitative estimate of drug-likeness (QED) is 0.846. The van der Waals surface area contributed by atoms with Gasteiger partial charge in [0.05, 0.1) is 24.1 Å². The molecule has 2 aromatic heterocycles. The predicted molar refractivity (Wildman–Crippen MR) is 90.7 cm³/mol. The van der Waals surface area contributed by atoms with Crippen molar-refractivity contribution in [2.45, 2.75) is 44.1 Å². The van der Waals surface area contributed by atoms with Crippen molar-refractivity contribution in [3.8, 4) is 5.75 Å². The summed E-state index contributed by atoms with van der Waals surface area (Å²) in [4.78, 5) is 11.0. The van der Waals surface area contributed by atoms with Crippen LogP contribution < -0.4 is 4.74 Å². The number of aromatic nitrogens is 2. The third-order valence-electron chi connectivity index (χ3n) is 4.91. The van der Waals surface area contributed by atoms with Crippen molar-refractivity contribution in [1.29, 1.82) is 0 Å². The molecule has 5 nitrogen and oxygen atoms in total. The third kappa shape index (κ3) is 3.57. The molecule has 0 bridgehead atoms. The summed E-state index contributed by atoms with van der Waals surface area (Å²) >= 11 is 0. The molecule has 0 aromatic carbocycles. The number of ether oxygens (including phenoxy) is 2. The van der Waals surface area contributed by atoms with Crippen LogP contribution in [0.15, 0.2) is 48.9 Å². The maximum Gasteiger partial charge on any atom is 0.137 e. The Morgan fingerprint density at radius 3 is 2.96 bits per heavy atom. The molecule has 0 saturated carbocycles. The molecule has 3 atom stereocenters. The van der Waals surface area contributed by atoms with Gasteiger partial charge >= 0.3 is 0 Å². The van der Waals surface area contributed by atoms with E-state index in [1.807, 2.05) is 24.4 Å². The Kier molecular flexibility index (Phi) is 4.71. The largest absolute Gasteiger partial charge is 0.489 e. The van der Waals surface area contributed by atoms with E-state index in [0.29, 0.717) is 18.8 Å². The molecular formula is C19H23N3O2. The van der Waals surface area contributed by atoms with E-state index in [0.717, 1.165) is 37.4 Å². The molecule has 0 N–H and O–H groups in total. The van der Waals surface area contributed by atoms with E-state index >= 15 is 0 Å². The van der Waals surface area contributed by atoms with Gasteiger partial charge in [0.2, 0.25) is 0 Å². The second-order valence-corrected chi connectivity index (χ2v) is 6.52. The first kappa shape index (κ1) is 15.5. The fourth-order valence-electron chi connectivity index (χ4n) is 3.73. The summed E-state index contributed by atoms with van der Waals surface area (Å²) in [7, 11) is 0. The van der Waals surface area contributed by atoms with Crippen LogP contribution in [-0.4, -0.2) is 46.3 Å². The number of hydrogen-bond acceptors (Lipinski definition) is 5. The van der Waals surface area contributed by atoms with Gasteiger partial charge in [-0.25, -0.2) is 0 Å². The maximum atomic E-state index is 6.29. The highest BCUT2D eigenvalue weighted by atomic mass is 16.5. The molecule has 2 saturated heterocycles. The summed E-state index contributed by atoms with van der Waals surface area (Å²) in [5, 5.41) is 0. The first-order valence-corrected chi connectivity index (χ1v) is 8.71. The van der Waals surface area contributed by atoms with Gasteiger partial charge in [-0.1, -0.05) is 6.07 Å². The summed E-state index contributed by atoms with van der Waals surface area (Å²) in [6.07, 6.45) is 9.18. The van der Waals surface area contributed by atoms with Gasteiger partial charge in [-0.3, -0.25) is 14.9 Å². The third-order valence-corrected chi connectivity index (χ3v) is 4.91. The van der Waals surface area contributed by atoms with Crippen molar-refractivity contribution < 1.29 is 9.47 Å². The highest BCUT2D eigenvalue weighted by Crippen LogP contribution is 2.32. The van der Waals surface area contributed by atoms with Crippen molar-refractivity contribution in [3.05, 3.63) is 54.6 Å². The zero-order valence-electron chi connectivity index (χ0n) is 13.8. The van der Waals surface area contributed by atoms with E-state index in [1.54, 1.807) is 12.4 Å². The van der Waals surface area contributed by atoms with Gasteiger partial charge in [-0.2, -0.15) is 0 Å². The Morgan fingerprint density at radius 2 is 2.12 bits per heavy atom. The molecule has 4 rings (SSSR count). The Balaban J connectivity index is 1.29. The molecule has 5 heteroatoms. The Labute approximate surface area is 142 Å². The minimum Gasteiger partial charge on any atom is -0.489 e. The predicted octanol–water partition coefficient (Wildman–Crippen LogP) is 2.68. The molecule has 0 aliphatic carbocycles. The Hall–Kier alpha value is -1.98.